The highest BCUT2D eigenvalue weighted by Crippen LogP contribution is 2.26. The summed E-state index contributed by atoms with van der Waals surface area (Å²) in [5.41, 5.74) is 3.49. The Morgan fingerprint density at radius 2 is 1.70 bits per heavy atom. The van der Waals surface area contributed by atoms with Gasteiger partial charge in [0.05, 0.1) is 6.04 Å². The second-order valence-corrected chi connectivity index (χ2v) is 5.23. The molecule has 0 aliphatic rings. The number of benzene rings is 2. The molecule has 0 radical (unpaired) electrons. The van der Waals surface area contributed by atoms with E-state index in [2.05, 4.69) is 5.43 Å². The highest BCUT2D eigenvalue weighted by molar-refractivity contribution is 6.34. The average Bonchev–Trinajstić information content (AvgIpc) is 2.38. The van der Waals surface area contributed by atoms with Crippen LogP contribution in [0.3, 0.4) is 0 Å². The van der Waals surface area contributed by atoms with Gasteiger partial charge in [0.15, 0.2) is 0 Å². The summed E-state index contributed by atoms with van der Waals surface area (Å²) in [6, 6.07) is 7.81. The fourth-order valence-electron chi connectivity index (χ4n) is 1.97. The SMILES string of the molecule is NNC(Cc1cc(F)ccc1F)c1cc(Cl)cc(Cl)c1. The minimum absolute atomic E-state index is 0.177. The van der Waals surface area contributed by atoms with Crippen LogP contribution in [0, 0.1) is 11.6 Å². The van der Waals surface area contributed by atoms with Crippen LogP contribution in [0.2, 0.25) is 10.0 Å². The van der Waals surface area contributed by atoms with E-state index in [4.69, 9.17) is 29.0 Å². The first-order chi connectivity index (χ1) is 9.49. The summed E-state index contributed by atoms with van der Waals surface area (Å²) in [6.45, 7) is 0. The molecule has 0 amide bonds. The van der Waals surface area contributed by atoms with E-state index in [1.165, 1.54) is 0 Å². The van der Waals surface area contributed by atoms with Crippen LogP contribution in [0.4, 0.5) is 8.78 Å². The molecule has 2 nitrogen and oxygen atoms in total. The smallest absolute Gasteiger partial charge is 0.126 e. The Hall–Kier alpha value is -1.20. The maximum atomic E-state index is 13.7. The van der Waals surface area contributed by atoms with Gasteiger partial charge in [0.25, 0.3) is 0 Å². The predicted octanol–water partition coefficient (Wildman–Crippen LogP) is 4.02. The fourth-order valence-corrected chi connectivity index (χ4v) is 2.51. The highest BCUT2D eigenvalue weighted by Gasteiger charge is 2.15. The second-order valence-electron chi connectivity index (χ2n) is 4.36. The Kier molecular flexibility index (Phi) is 4.94. The summed E-state index contributed by atoms with van der Waals surface area (Å²) in [5.74, 6) is 4.50. The lowest BCUT2D eigenvalue weighted by atomic mass is 9.99. The van der Waals surface area contributed by atoms with Crippen LogP contribution in [0.5, 0.6) is 0 Å². The first kappa shape index (κ1) is 15.2. The van der Waals surface area contributed by atoms with Crippen molar-refractivity contribution in [3.63, 3.8) is 0 Å². The van der Waals surface area contributed by atoms with Crippen molar-refractivity contribution in [2.24, 2.45) is 5.84 Å². The van der Waals surface area contributed by atoms with Crippen LogP contribution in [-0.4, -0.2) is 0 Å². The molecular formula is C14H12Cl2F2N2. The van der Waals surface area contributed by atoms with Crippen LogP contribution < -0.4 is 11.3 Å². The normalized spacial score (nSPS) is 12.4. The molecule has 1 atom stereocenters. The summed E-state index contributed by atoms with van der Waals surface area (Å²) >= 11 is 11.8. The molecule has 2 aromatic rings. The summed E-state index contributed by atoms with van der Waals surface area (Å²) in [6.07, 6.45) is 0.177. The number of nitrogens with two attached hydrogens (primary N) is 1. The predicted molar refractivity (Wildman–Crippen MR) is 76.6 cm³/mol. The lowest BCUT2D eigenvalue weighted by molar-refractivity contribution is 0.523. The maximum Gasteiger partial charge on any atom is 0.126 e. The third-order valence-corrected chi connectivity index (χ3v) is 3.36. The first-order valence-corrected chi connectivity index (χ1v) is 6.61. The van der Waals surface area contributed by atoms with Crippen molar-refractivity contribution >= 4 is 23.2 Å². The van der Waals surface area contributed by atoms with Crippen molar-refractivity contribution in [1.29, 1.82) is 0 Å². The van der Waals surface area contributed by atoms with E-state index in [0.29, 0.717) is 15.6 Å². The molecule has 2 aromatic carbocycles. The number of rotatable bonds is 4. The van der Waals surface area contributed by atoms with E-state index in [9.17, 15) is 8.78 Å². The Bertz CT molecular complexity index is 600. The minimum Gasteiger partial charge on any atom is -0.271 e. The fraction of sp³-hybridized carbons (Fsp3) is 0.143. The molecule has 2 rings (SSSR count). The van der Waals surface area contributed by atoms with Gasteiger partial charge >= 0.3 is 0 Å². The Labute approximate surface area is 125 Å². The molecule has 6 heteroatoms. The molecule has 106 valence electrons. The monoisotopic (exact) mass is 316 g/mol. The Balaban J connectivity index is 2.30. The van der Waals surface area contributed by atoms with Crippen molar-refractivity contribution in [1.82, 2.24) is 5.43 Å². The van der Waals surface area contributed by atoms with E-state index in [1.54, 1.807) is 18.2 Å². The Morgan fingerprint density at radius 1 is 1.05 bits per heavy atom. The number of nitrogens with one attached hydrogen (secondary N) is 1. The van der Waals surface area contributed by atoms with Crippen molar-refractivity contribution in [3.05, 3.63) is 69.2 Å². The van der Waals surface area contributed by atoms with Crippen LogP contribution in [0.15, 0.2) is 36.4 Å². The summed E-state index contributed by atoms with van der Waals surface area (Å²) in [4.78, 5) is 0. The molecule has 0 spiro atoms. The van der Waals surface area contributed by atoms with Gasteiger partial charge in [0.1, 0.15) is 11.6 Å². The van der Waals surface area contributed by atoms with Crippen LogP contribution in [-0.2, 0) is 6.42 Å². The van der Waals surface area contributed by atoms with Gasteiger partial charge in [0.2, 0.25) is 0 Å². The van der Waals surface area contributed by atoms with E-state index < -0.39 is 17.7 Å². The van der Waals surface area contributed by atoms with Gasteiger partial charge < -0.3 is 0 Å². The number of hydrogen-bond donors (Lipinski definition) is 2. The molecule has 1 unspecified atom stereocenters. The molecule has 0 aliphatic carbocycles. The zero-order valence-electron chi connectivity index (χ0n) is 10.3. The van der Waals surface area contributed by atoms with E-state index >= 15 is 0 Å². The van der Waals surface area contributed by atoms with Crippen molar-refractivity contribution in [2.75, 3.05) is 0 Å². The minimum atomic E-state index is -0.499. The van der Waals surface area contributed by atoms with Crippen LogP contribution in [0.1, 0.15) is 17.2 Å². The molecule has 0 aliphatic heterocycles. The summed E-state index contributed by atoms with van der Waals surface area (Å²) in [5, 5.41) is 0.903. The molecule has 3 N–H and O–H groups in total. The third-order valence-electron chi connectivity index (χ3n) is 2.92. The molecular weight excluding hydrogens is 305 g/mol. The van der Waals surface area contributed by atoms with Gasteiger partial charge in [-0.2, -0.15) is 0 Å². The largest absolute Gasteiger partial charge is 0.271 e. The van der Waals surface area contributed by atoms with Crippen molar-refractivity contribution in [3.8, 4) is 0 Å². The van der Waals surface area contributed by atoms with Crippen molar-refractivity contribution < 1.29 is 8.78 Å². The second kappa shape index (κ2) is 6.50. The lowest BCUT2D eigenvalue weighted by Crippen LogP contribution is -2.29. The van der Waals surface area contributed by atoms with Crippen molar-refractivity contribution in [2.45, 2.75) is 12.5 Å². The molecule has 20 heavy (non-hydrogen) atoms. The van der Waals surface area contributed by atoms with Gasteiger partial charge in [0, 0.05) is 10.0 Å². The highest BCUT2D eigenvalue weighted by atomic mass is 35.5. The van der Waals surface area contributed by atoms with Gasteiger partial charge in [-0.3, -0.25) is 11.3 Å². The first-order valence-electron chi connectivity index (χ1n) is 5.85. The molecule has 0 fully saturated rings. The maximum absolute atomic E-state index is 13.7. The molecule has 0 saturated carbocycles. The summed E-state index contributed by atoms with van der Waals surface area (Å²) in [7, 11) is 0. The topological polar surface area (TPSA) is 38.0 Å². The lowest BCUT2D eigenvalue weighted by Gasteiger charge is -2.17. The van der Waals surface area contributed by atoms with Gasteiger partial charge in [-0.25, -0.2) is 8.78 Å². The van der Waals surface area contributed by atoms with Gasteiger partial charge in [-0.1, -0.05) is 23.2 Å². The third kappa shape index (κ3) is 3.67. The zero-order valence-corrected chi connectivity index (χ0v) is 11.8. The Morgan fingerprint density at radius 3 is 2.30 bits per heavy atom. The quantitative estimate of drug-likeness (QED) is 0.660. The summed E-state index contributed by atoms with van der Waals surface area (Å²) < 4.78 is 26.8. The number of hydrazine groups is 1. The van der Waals surface area contributed by atoms with Crippen LogP contribution >= 0.6 is 23.2 Å². The van der Waals surface area contributed by atoms with Gasteiger partial charge in [-0.05, 0) is 53.9 Å². The molecule has 0 bridgehead atoms. The van der Waals surface area contributed by atoms with Gasteiger partial charge in [-0.15, -0.1) is 0 Å². The van der Waals surface area contributed by atoms with E-state index in [0.717, 1.165) is 18.2 Å². The van der Waals surface area contributed by atoms with E-state index in [-0.39, 0.29) is 12.0 Å². The standard InChI is InChI=1S/C14H12Cl2F2N2/c15-10-3-9(4-11(16)7-10)14(20-19)6-8-5-12(17)1-2-13(8)18/h1-5,7,14,20H,6,19H2. The molecule has 0 saturated heterocycles. The zero-order chi connectivity index (χ0) is 14.7. The number of halogens is 4. The van der Waals surface area contributed by atoms with E-state index in [1.807, 2.05) is 0 Å². The average molecular weight is 317 g/mol. The van der Waals surface area contributed by atoms with Crippen LogP contribution in [0.25, 0.3) is 0 Å². The molecule has 0 aromatic heterocycles. The number of hydrogen-bond acceptors (Lipinski definition) is 2. The molecule has 0 heterocycles.